The number of rotatable bonds is 5. The molecule has 7 heteroatoms. The van der Waals surface area contributed by atoms with Crippen LogP contribution in [0.25, 0.3) is 0 Å². The lowest BCUT2D eigenvalue weighted by molar-refractivity contribution is -0.127. The number of thiocarbonyl (C=S) groups is 1. The molecule has 1 aliphatic rings. The molecule has 0 radical (unpaired) electrons. The van der Waals surface area contributed by atoms with Gasteiger partial charge in [-0.25, -0.2) is 4.79 Å². The smallest absolute Gasteiger partial charge is 0.338 e. The molecule has 0 aromatic heterocycles. The van der Waals surface area contributed by atoms with E-state index < -0.39 is 0 Å². The summed E-state index contributed by atoms with van der Waals surface area (Å²) >= 11 is 5.26. The van der Waals surface area contributed by atoms with Crippen molar-refractivity contribution in [3.8, 4) is 0 Å². The van der Waals surface area contributed by atoms with Crippen molar-refractivity contribution in [1.82, 2.24) is 10.2 Å². The average molecular weight is 335 g/mol. The second kappa shape index (κ2) is 7.92. The minimum Gasteiger partial charge on any atom is -0.465 e. The van der Waals surface area contributed by atoms with E-state index in [2.05, 4.69) is 10.6 Å². The summed E-state index contributed by atoms with van der Waals surface area (Å²) in [6.07, 6.45) is 1.57. The molecule has 23 heavy (non-hydrogen) atoms. The minimum absolute atomic E-state index is 0.201. The Morgan fingerprint density at radius 1 is 1.43 bits per heavy atom. The van der Waals surface area contributed by atoms with Crippen LogP contribution < -0.4 is 10.6 Å². The number of ether oxygens (including phenoxy) is 1. The fourth-order valence-corrected chi connectivity index (χ4v) is 2.73. The Morgan fingerprint density at radius 3 is 2.87 bits per heavy atom. The second-order valence-electron chi connectivity index (χ2n) is 5.33. The third kappa shape index (κ3) is 4.41. The van der Waals surface area contributed by atoms with Crippen LogP contribution in [0.2, 0.25) is 0 Å². The van der Waals surface area contributed by atoms with Gasteiger partial charge in [-0.1, -0.05) is 6.07 Å². The highest BCUT2D eigenvalue weighted by molar-refractivity contribution is 7.80. The molecule has 0 unspecified atom stereocenters. The maximum absolute atomic E-state index is 11.7. The quantitative estimate of drug-likeness (QED) is 0.630. The third-order valence-corrected chi connectivity index (χ3v) is 4.07. The monoisotopic (exact) mass is 335 g/mol. The van der Waals surface area contributed by atoms with E-state index in [9.17, 15) is 9.59 Å². The van der Waals surface area contributed by atoms with Crippen LogP contribution in [0.15, 0.2) is 18.2 Å². The number of methoxy groups -OCH3 is 1. The number of likely N-dealkylation sites (tertiary alicyclic amines) is 1. The summed E-state index contributed by atoms with van der Waals surface area (Å²) in [6.45, 7) is 3.89. The van der Waals surface area contributed by atoms with Gasteiger partial charge < -0.3 is 20.3 Å². The molecule has 1 aromatic carbocycles. The maximum Gasteiger partial charge on any atom is 0.338 e. The fraction of sp³-hybridized carbons (Fsp3) is 0.438. The van der Waals surface area contributed by atoms with Crippen molar-refractivity contribution in [2.45, 2.75) is 19.8 Å². The molecule has 0 spiro atoms. The van der Waals surface area contributed by atoms with Gasteiger partial charge in [0.25, 0.3) is 0 Å². The Labute approximate surface area is 141 Å². The lowest BCUT2D eigenvalue weighted by Crippen LogP contribution is -2.37. The van der Waals surface area contributed by atoms with Crippen molar-refractivity contribution in [1.29, 1.82) is 0 Å². The van der Waals surface area contributed by atoms with Gasteiger partial charge in [0.05, 0.1) is 12.7 Å². The standard InChI is InChI=1S/C16H21N3O3S/c1-11-12(15(21)22-2)5-3-6-13(11)18-16(23)17-8-10-19-9-4-7-14(19)20/h3,5-6H,4,7-10H2,1-2H3,(H2,17,18,23). The first-order chi connectivity index (χ1) is 11.0. The van der Waals surface area contributed by atoms with Crippen molar-refractivity contribution >= 4 is 34.9 Å². The van der Waals surface area contributed by atoms with E-state index >= 15 is 0 Å². The molecule has 1 aromatic rings. The first kappa shape index (κ1) is 17.2. The van der Waals surface area contributed by atoms with Gasteiger partial charge in [0.15, 0.2) is 5.11 Å². The predicted octanol–water partition coefficient (Wildman–Crippen LogP) is 1.69. The van der Waals surface area contributed by atoms with E-state index in [1.54, 1.807) is 12.1 Å². The van der Waals surface area contributed by atoms with Gasteiger partial charge in [0, 0.05) is 31.7 Å². The number of esters is 1. The Balaban J connectivity index is 1.87. The average Bonchev–Trinajstić information content (AvgIpc) is 2.94. The van der Waals surface area contributed by atoms with Crippen LogP contribution in [0.1, 0.15) is 28.8 Å². The highest BCUT2D eigenvalue weighted by Gasteiger charge is 2.19. The lowest BCUT2D eigenvalue weighted by atomic mass is 10.1. The number of carbonyl (C=O) groups excluding carboxylic acids is 2. The summed E-state index contributed by atoms with van der Waals surface area (Å²) in [5.41, 5.74) is 2.03. The van der Waals surface area contributed by atoms with Gasteiger partial charge in [0.2, 0.25) is 5.91 Å². The normalized spacial score (nSPS) is 13.8. The molecule has 1 saturated heterocycles. The zero-order valence-electron chi connectivity index (χ0n) is 13.3. The molecule has 0 atom stereocenters. The van der Waals surface area contributed by atoms with Crippen molar-refractivity contribution in [3.05, 3.63) is 29.3 Å². The number of anilines is 1. The molecule has 0 saturated carbocycles. The fourth-order valence-electron chi connectivity index (χ4n) is 2.51. The van der Waals surface area contributed by atoms with Crippen LogP contribution in [0, 0.1) is 6.92 Å². The van der Waals surface area contributed by atoms with Crippen LogP contribution >= 0.6 is 12.2 Å². The van der Waals surface area contributed by atoms with Crippen molar-refractivity contribution < 1.29 is 14.3 Å². The predicted molar refractivity (Wildman–Crippen MR) is 92.6 cm³/mol. The van der Waals surface area contributed by atoms with E-state index in [4.69, 9.17) is 17.0 Å². The summed E-state index contributed by atoms with van der Waals surface area (Å²) in [6, 6.07) is 5.33. The van der Waals surface area contributed by atoms with E-state index in [1.165, 1.54) is 7.11 Å². The van der Waals surface area contributed by atoms with Crippen LogP contribution in [-0.2, 0) is 9.53 Å². The molecule has 2 N–H and O–H groups in total. The van der Waals surface area contributed by atoms with Gasteiger partial charge >= 0.3 is 5.97 Å². The summed E-state index contributed by atoms with van der Waals surface area (Å²) in [7, 11) is 1.35. The Morgan fingerprint density at radius 2 is 2.22 bits per heavy atom. The zero-order valence-corrected chi connectivity index (χ0v) is 14.2. The van der Waals surface area contributed by atoms with E-state index in [1.807, 2.05) is 17.9 Å². The number of carbonyl (C=O) groups is 2. The SMILES string of the molecule is COC(=O)c1cccc(NC(=S)NCCN2CCCC2=O)c1C. The number of hydrogen-bond acceptors (Lipinski definition) is 4. The number of nitrogens with zero attached hydrogens (tertiary/aromatic N) is 1. The van der Waals surface area contributed by atoms with Crippen LogP contribution in [0.5, 0.6) is 0 Å². The minimum atomic E-state index is -0.377. The molecule has 1 aliphatic heterocycles. The Hall–Kier alpha value is -2.15. The number of nitrogens with one attached hydrogen (secondary N) is 2. The number of amides is 1. The van der Waals surface area contributed by atoms with Crippen molar-refractivity contribution in [2.75, 3.05) is 32.1 Å². The molecule has 0 bridgehead atoms. The highest BCUT2D eigenvalue weighted by Crippen LogP contribution is 2.19. The molecule has 1 fully saturated rings. The van der Waals surface area contributed by atoms with Crippen molar-refractivity contribution in [2.24, 2.45) is 0 Å². The molecule has 124 valence electrons. The summed E-state index contributed by atoms with van der Waals surface area (Å²) < 4.78 is 4.76. The summed E-state index contributed by atoms with van der Waals surface area (Å²) in [5, 5.41) is 6.61. The van der Waals surface area contributed by atoms with Gasteiger partial charge in [-0.15, -0.1) is 0 Å². The van der Waals surface area contributed by atoms with Crippen LogP contribution in [-0.4, -0.2) is 48.6 Å². The molecule has 0 aliphatic carbocycles. The first-order valence-corrected chi connectivity index (χ1v) is 7.94. The zero-order chi connectivity index (χ0) is 16.8. The second-order valence-corrected chi connectivity index (χ2v) is 5.74. The molecule has 2 rings (SSSR count). The number of hydrogen-bond donors (Lipinski definition) is 2. The van der Waals surface area contributed by atoms with E-state index in [0.717, 1.165) is 24.2 Å². The molecular formula is C16H21N3O3S. The van der Waals surface area contributed by atoms with Crippen LogP contribution in [0.4, 0.5) is 5.69 Å². The van der Waals surface area contributed by atoms with Crippen LogP contribution in [0.3, 0.4) is 0 Å². The topological polar surface area (TPSA) is 70.7 Å². The molecule has 1 amide bonds. The van der Waals surface area contributed by atoms with Gasteiger partial charge in [-0.3, -0.25) is 4.79 Å². The first-order valence-electron chi connectivity index (χ1n) is 7.53. The van der Waals surface area contributed by atoms with E-state index in [0.29, 0.717) is 30.2 Å². The molecule has 1 heterocycles. The Bertz CT molecular complexity index is 619. The maximum atomic E-state index is 11.7. The molecule has 6 nitrogen and oxygen atoms in total. The highest BCUT2D eigenvalue weighted by atomic mass is 32.1. The molecular weight excluding hydrogens is 314 g/mol. The summed E-state index contributed by atoms with van der Waals surface area (Å²) in [5.74, 6) is -0.176. The van der Waals surface area contributed by atoms with Gasteiger partial charge in [-0.05, 0) is 43.3 Å². The van der Waals surface area contributed by atoms with E-state index in [-0.39, 0.29) is 11.9 Å². The largest absolute Gasteiger partial charge is 0.465 e. The van der Waals surface area contributed by atoms with Crippen molar-refractivity contribution in [3.63, 3.8) is 0 Å². The third-order valence-electron chi connectivity index (χ3n) is 3.83. The summed E-state index contributed by atoms with van der Waals surface area (Å²) in [4.78, 5) is 25.0. The van der Waals surface area contributed by atoms with Gasteiger partial charge in [-0.2, -0.15) is 0 Å². The lowest BCUT2D eigenvalue weighted by Gasteiger charge is -2.18. The number of benzene rings is 1. The van der Waals surface area contributed by atoms with Gasteiger partial charge in [0.1, 0.15) is 0 Å². The Kier molecular flexibility index (Phi) is 5.92.